The lowest BCUT2D eigenvalue weighted by Gasteiger charge is -2.27. The van der Waals surface area contributed by atoms with Crippen molar-refractivity contribution in [2.24, 2.45) is 0 Å². The van der Waals surface area contributed by atoms with Crippen molar-refractivity contribution < 1.29 is 0 Å². The fourth-order valence-corrected chi connectivity index (χ4v) is 1.60. The summed E-state index contributed by atoms with van der Waals surface area (Å²) in [6.45, 7) is 9.42. The Balaban J connectivity index is 2.61. The molecule has 0 spiro atoms. The normalized spacial score (nSPS) is 13.8. The van der Waals surface area contributed by atoms with E-state index in [1.807, 2.05) is 6.07 Å². The first-order valence-corrected chi connectivity index (χ1v) is 8.39. The van der Waals surface area contributed by atoms with Gasteiger partial charge in [0.1, 0.15) is 0 Å². The van der Waals surface area contributed by atoms with Crippen LogP contribution < -0.4 is 5.32 Å². The molecule has 1 aromatic carbocycles. The average molecular weight is 193 g/mol. The Hall–Kier alpha value is -0.763. The van der Waals surface area contributed by atoms with E-state index in [4.69, 9.17) is 0 Å². The van der Waals surface area contributed by atoms with Crippen molar-refractivity contribution in [1.82, 2.24) is 0 Å². The summed E-state index contributed by atoms with van der Waals surface area (Å²) in [5.74, 6) is 0. The van der Waals surface area contributed by atoms with Crippen molar-refractivity contribution in [2.45, 2.75) is 32.2 Å². The van der Waals surface area contributed by atoms with Crippen molar-refractivity contribution >= 4 is 13.8 Å². The van der Waals surface area contributed by atoms with E-state index < -0.39 is 8.07 Å². The third-order valence-electron chi connectivity index (χ3n) is 2.46. The number of benzene rings is 1. The molecule has 0 bridgehead atoms. The molecule has 0 amide bonds. The van der Waals surface area contributed by atoms with Crippen molar-refractivity contribution in [3.05, 3.63) is 30.3 Å². The Morgan fingerprint density at radius 2 is 1.62 bits per heavy atom. The summed E-state index contributed by atoms with van der Waals surface area (Å²) >= 11 is 0. The van der Waals surface area contributed by atoms with E-state index >= 15 is 0 Å². The van der Waals surface area contributed by atoms with Gasteiger partial charge in [0.25, 0.3) is 0 Å². The molecule has 13 heavy (non-hydrogen) atoms. The molecule has 1 atom stereocenters. The highest BCUT2D eigenvalue weighted by atomic mass is 28.3. The second-order valence-corrected chi connectivity index (χ2v) is 10.2. The molecule has 1 rings (SSSR count). The lowest BCUT2D eigenvalue weighted by atomic mass is 10.3. The van der Waals surface area contributed by atoms with Crippen LogP contribution in [0, 0.1) is 0 Å². The molecule has 1 aromatic rings. The monoisotopic (exact) mass is 193 g/mol. The molecule has 0 aliphatic heterocycles. The van der Waals surface area contributed by atoms with Gasteiger partial charge < -0.3 is 5.32 Å². The minimum atomic E-state index is -1.05. The lowest BCUT2D eigenvalue weighted by Crippen LogP contribution is -2.41. The van der Waals surface area contributed by atoms with Gasteiger partial charge in [-0.3, -0.25) is 0 Å². The van der Waals surface area contributed by atoms with Crippen molar-refractivity contribution in [2.75, 3.05) is 5.32 Å². The number of rotatable bonds is 3. The van der Waals surface area contributed by atoms with Crippen LogP contribution in [-0.2, 0) is 0 Å². The Labute approximate surface area is 82.2 Å². The molecule has 0 aliphatic rings. The van der Waals surface area contributed by atoms with E-state index in [9.17, 15) is 0 Å². The van der Waals surface area contributed by atoms with Crippen LogP contribution in [0.3, 0.4) is 0 Å². The Morgan fingerprint density at radius 1 is 1.08 bits per heavy atom. The fourth-order valence-electron chi connectivity index (χ4n) is 1.00. The highest BCUT2D eigenvalue weighted by Crippen LogP contribution is 2.14. The molecule has 0 heterocycles. The Kier molecular flexibility index (Phi) is 3.15. The summed E-state index contributed by atoms with van der Waals surface area (Å²) in [6.07, 6.45) is 0. The van der Waals surface area contributed by atoms with Crippen molar-refractivity contribution in [1.29, 1.82) is 0 Å². The molecule has 0 radical (unpaired) electrons. The van der Waals surface area contributed by atoms with Crippen LogP contribution in [0.2, 0.25) is 19.6 Å². The molecule has 2 heteroatoms. The van der Waals surface area contributed by atoms with Crippen LogP contribution in [0.15, 0.2) is 30.3 Å². The number of anilines is 1. The number of hydrogen-bond donors (Lipinski definition) is 1. The van der Waals surface area contributed by atoms with Crippen LogP contribution in [-0.4, -0.2) is 13.7 Å². The summed E-state index contributed by atoms with van der Waals surface area (Å²) in [4.78, 5) is 0. The van der Waals surface area contributed by atoms with E-state index in [0.717, 1.165) is 0 Å². The van der Waals surface area contributed by atoms with Crippen LogP contribution in [0.5, 0.6) is 0 Å². The molecular weight excluding hydrogens is 174 g/mol. The van der Waals surface area contributed by atoms with E-state index in [-0.39, 0.29) is 0 Å². The first-order chi connectivity index (χ1) is 6.00. The highest BCUT2D eigenvalue weighted by molar-refractivity contribution is 6.78. The molecule has 0 unspecified atom stereocenters. The van der Waals surface area contributed by atoms with Crippen LogP contribution in [0.1, 0.15) is 6.92 Å². The standard InChI is InChI=1S/C11H19NSi/c1-10(13(2,3)4)12-11-8-6-5-7-9-11/h5-10,12H,1-4H3/t10-/m1/s1. The summed E-state index contributed by atoms with van der Waals surface area (Å²) in [7, 11) is -1.05. The summed E-state index contributed by atoms with van der Waals surface area (Å²) in [6, 6.07) is 10.4. The van der Waals surface area contributed by atoms with Gasteiger partial charge in [0, 0.05) is 11.4 Å². The maximum absolute atomic E-state index is 3.54. The SMILES string of the molecule is C[C@H](Nc1ccccc1)[Si](C)(C)C. The van der Waals surface area contributed by atoms with Crippen molar-refractivity contribution in [3.63, 3.8) is 0 Å². The smallest absolute Gasteiger partial charge is 0.0697 e. The minimum absolute atomic E-state index is 0.620. The molecular formula is C11H19NSi. The van der Waals surface area contributed by atoms with Gasteiger partial charge in [-0.15, -0.1) is 0 Å². The third-order valence-corrected chi connectivity index (χ3v) is 5.20. The Morgan fingerprint density at radius 3 is 2.08 bits per heavy atom. The van der Waals surface area contributed by atoms with Gasteiger partial charge in [-0.1, -0.05) is 37.8 Å². The number of hydrogen-bond acceptors (Lipinski definition) is 1. The Bertz CT molecular complexity index is 251. The third kappa shape index (κ3) is 3.23. The summed E-state index contributed by atoms with van der Waals surface area (Å²) < 4.78 is 0. The van der Waals surface area contributed by atoms with Gasteiger partial charge in [0.15, 0.2) is 0 Å². The number of para-hydroxylation sites is 1. The van der Waals surface area contributed by atoms with Gasteiger partial charge in [-0.25, -0.2) is 0 Å². The summed E-state index contributed by atoms with van der Waals surface area (Å²) in [5.41, 5.74) is 1.85. The maximum atomic E-state index is 3.54. The van der Waals surface area contributed by atoms with Crippen molar-refractivity contribution in [3.8, 4) is 0 Å². The first kappa shape index (κ1) is 10.3. The molecule has 0 saturated heterocycles. The molecule has 0 aromatic heterocycles. The van der Waals surface area contributed by atoms with Gasteiger partial charge in [0.2, 0.25) is 0 Å². The second kappa shape index (κ2) is 3.96. The van der Waals surface area contributed by atoms with E-state index in [2.05, 4.69) is 56.1 Å². The maximum Gasteiger partial charge on any atom is 0.0697 e. The van der Waals surface area contributed by atoms with Gasteiger partial charge in [0.05, 0.1) is 8.07 Å². The largest absolute Gasteiger partial charge is 0.385 e. The molecule has 0 fully saturated rings. The van der Waals surface area contributed by atoms with Crippen LogP contribution >= 0.6 is 0 Å². The molecule has 0 aliphatic carbocycles. The quantitative estimate of drug-likeness (QED) is 0.726. The number of nitrogens with one attached hydrogen (secondary N) is 1. The fraction of sp³-hybridized carbons (Fsp3) is 0.455. The van der Waals surface area contributed by atoms with Gasteiger partial charge >= 0.3 is 0 Å². The molecule has 0 saturated carbocycles. The van der Waals surface area contributed by atoms with E-state index in [1.54, 1.807) is 0 Å². The topological polar surface area (TPSA) is 12.0 Å². The summed E-state index contributed by atoms with van der Waals surface area (Å²) in [5, 5.41) is 3.54. The predicted molar refractivity (Wildman–Crippen MR) is 62.9 cm³/mol. The zero-order valence-corrected chi connectivity index (χ0v) is 9.96. The van der Waals surface area contributed by atoms with Crippen LogP contribution in [0.4, 0.5) is 5.69 Å². The predicted octanol–water partition coefficient (Wildman–Crippen LogP) is 3.36. The lowest BCUT2D eigenvalue weighted by molar-refractivity contribution is 1.05. The van der Waals surface area contributed by atoms with Crippen LogP contribution in [0.25, 0.3) is 0 Å². The minimum Gasteiger partial charge on any atom is -0.385 e. The molecule has 1 nitrogen and oxygen atoms in total. The van der Waals surface area contributed by atoms with E-state index in [1.165, 1.54) is 5.69 Å². The second-order valence-electron chi connectivity index (χ2n) is 4.60. The van der Waals surface area contributed by atoms with Gasteiger partial charge in [-0.05, 0) is 19.1 Å². The molecule has 72 valence electrons. The highest BCUT2D eigenvalue weighted by Gasteiger charge is 2.21. The zero-order valence-electron chi connectivity index (χ0n) is 8.96. The molecule has 1 N–H and O–H groups in total. The van der Waals surface area contributed by atoms with E-state index in [0.29, 0.717) is 5.67 Å². The average Bonchev–Trinajstić information content (AvgIpc) is 2.04. The zero-order chi connectivity index (χ0) is 9.90. The first-order valence-electron chi connectivity index (χ1n) is 4.82. The van der Waals surface area contributed by atoms with Gasteiger partial charge in [-0.2, -0.15) is 0 Å².